The molecule has 2 rings (SSSR count). The molecular formula is C12H12N2O. The molecule has 1 aliphatic heterocycles. The number of rotatable bonds is 1. The van der Waals surface area contributed by atoms with Crippen molar-refractivity contribution in [2.75, 3.05) is 0 Å². The number of aliphatic imine (C=N–C) groups is 1. The molecule has 0 aliphatic carbocycles. The second-order valence-electron chi connectivity index (χ2n) is 3.47. The second-order valence-corrected chi connectivity index (χ2v) is 3.47. The number of allylic oxidation sites excluding steroid dienone is 2. The van der Waals surface area contributed by atoms with E-state index < -0.39 is 5.60 Å². The van der Waals surface area contributed by atoms with Gasteiger partial charge in [0.1, 0.15) is 0 Å². The van der Waals surface area contributed by atoms with E-state index >= 15 is 0 Å². The minimum atomic E-state index is -1.20. The van der Waals surface area contributed by atoms with Gasteiger partial charge in [0, 0.05) is 18.1 Å². The van der Waals surface area contributed by atoms with Crippen molar-refractivity contribution in [2.24, 2.45) is 4.99 Å². The fourth-order valence-corrected chi connectivity index (χ4v) is 1.42. The SMILES string of the molecule is Cc1cccc(C2(O)C=CC=CN=C2)n1. The molecular weight excluding hydrogens is 188 g/mol. The Morgan fingerprint density at radius 1 is 1.27 bits per heavy atom. The highest BCUT2D eigenvalue weighted by molar-refractivity contribution is 5.74. The number of aryl methyl sites for hydroxylation is 1. The molecule has 0 bridgehead atoms. The van der Waals surface area contributed by atoms with Gasteiger partial charge in [-0.3, -0.25) is 9.98 Å². The van der Waals surface area contributed by atoms with E-state index in [1.165, 1.54) is 6.21 Å². The lowest BCUT2D eigenvalue weighted by Crippen LogP contribution is -2.26. The van der Waals surface area contributed by atoms with E-state index in [1.807, 2.05) is 19.1 Å². The van der Waals surface area contributed by atoms with Gasteiger partial charge < -0.3 is 5.11 Å². The Labute approximate surface area is 88.5 Å². The van der Waals surface area contributed by atoms with Crippen molar-refractivity contribution in [2.45, 2.75) is 12.5 Å². The molecule has 1 aromatic rings. The van der Waals surface area contributed by atoms with Crippen LogP contribution in [0.4, 0.5) is 0 Å². The lowest BCUT2D eigenvalue weighted by molar-refractivity contribution is 0.165. The topological polar surface area (TPSA) is 45.5 Å². The maximum atomic E-state index is 10.3. The predicted molar refractivity (Wildman–Crippen MR) is 59.6 cm³/mol. The zero-order valence-corrected chi connectivity index (χ0v) is 8.46. The summed E-state index contributed by atoms with van der Waals surface area (Å²) >= 11 is 0. The lowest BCUT2D eigenvalue weighted by Gasteiger charge is -2.18. The highest BCUT2D eigenvalue weighted by atomic mass is 16.3. The van der Waals surface area contributed by atoms with Crippen LogP contribution in [0.1, 0.15) is 11.4 Å². The Bertz CT molecular complexity index is 431. The zero-order valence-electron chi connectivity index (χ0n) is 8.46. The molecule has 1 N–H and O–H groups in total. The molecule has 3 nitrogen and oxygen atoms in total. The fraction of sp³-hybridized carbons (Fsp3) is 0.167. The molecule has 0 saturated carbocycles. The van der Waals surface area contributed by atoms with Gasteiger partial charge in [0.2, 0.25) is 0 Å². The first-order chi connectivity index (χ1) is 7.21. The van der Waals surface area contributed by atoms with Crippen LogP contribution in [0.15, 0.2) is 47.6 Å². The van der Waals surface area contributed by atoms with Gasteiger partial charge in [0.05, 0.1) is 5.69 Å². The number of hydrogen-bond donors (Lipinski definition) is 1. The van der Waals surface area contributed by atoms with Crippen LogP contribution in [0, 0.1) is 6.92 Å². The van der Waals surface area contributed by atoms with Crippen molar-refractivity contribution in [3.63, 3.8) is 0 Å². The summed E-state index contributed by atoms with van der Waals surface area (Å²) in [5.74, 6) is 0. The summed E-state index contributed by atoms with van der Waals surface area (Å²) in [6.45, 7) is 1.89. The number of aliphatic hydroxyl groups is 1. The van der Waals surface area contributed by atoms with Crippen molar-refractivity contribution < 1.29 is 5.11 Å². The summed E-state index contributed by atoms with van der Waals surface area (Å²) in [6, 6.07) is 5.55. The summed E-state index contributed by atoms with van der Waals surface area (Å²) in [6.07, 6.45) is 8.31. The first-order valence-corrected chi connectivity index (χ1v) is 4.76. The maximum Gasteiger partial charge on any atom is 0.160 e. The molecule has 1 aromatic heterocycles. The van der Waals surface area contributed by atoms with E-state index in [2.05, 4.69) is 9.98 Å². The second kappa shape index (κ2) is 3.79. The number of nitrogens with zero attached hydrogens (tertiary/aromatic N) is 2. The van der Waals surface area contributed by atoms with Crippen LogP contribution in [-0.2, 0) is 5.60 Å². The van der Waals surface area contributed by atoms with E-state index in [0.29, 0.717) is 5.69 Å². The van der Waals surface area contributed by atoms with Crippen LogP contribution < -0.4 is 0 Å². The standard InChI is InChI=1S/C12H12N2O/c1-10-5-4-6-11(14-10)12(15)7-2-3-8-13-9-12/h2-9,15H,1H3. The van der Waals surface area contributed by atoms with Gasteiger partial charge in [0.25, 0.3) is 0 Å². The third kappa shape index (κ3) is 2.02. The van der Waals surface area contributed by atoms with Crippen molar-refractivity contribution >= 4 is 6.21 Å². The Balaban J connectivity index is 2.45. The first-order valence-electron chi connectivity index (χ1n) is 4.76. The highest BCUT2D eigenvalue weighted by Crippen LogP contribution is 2.20. The number of aromatic nitrogens is 1. The monoisotopic (exact) mass is 200 g/mol. The molecule has 0 radical (unpaired) electrons. The maximum absolute atomic E-state index is 10.3. The van der Waals surface area contributed by atoms with Crippen LogP contribution in [0.2, 0.25) is 0 Å². The minimum Gasteiger partial charge on any atom is -0.374 e. The fourth-order valence-electron chi connectivity index (χ4n) is 1.42. The van der Waals surface area contributed by atoms with Gasteiger partial charge in [-0.05, 0) is 31.2 Å². The smallest absolute Gasteiger partial charge is 0.160 e. The van der Waals surface area contributed by atoms with E-state index in [9.17, 15) is 5.11 Å². The number of pyridine rings is 1. The van der Waals surface area contributed by atoms with Gasteiger partial charge in [-0.1, -0.05) is 12.1 Å². The average Bonchev–Trinajstić information content (AvgIpc) is 2.44. The van der Waals surface area contributed by atoms with E-state index in [0.717, 1.165) is 5.69 Å². The van der Waals surface area contributed by atoms with Crippen LogP contribution in [0.5, 0.6) is 0 Å². The third-order valence-corrected chi connectivity index (χ3v) is 2.20. The summed E-state index contributed by atoms with van der Waals surface area (Å²) in [7, 11) is 0. The van der Waals surface area contributed by atoms with Crippen molar-refractivity contribution in [1.29, 1.82) is 0 Å². The number of hydrogen-bond acceptors (Lipinski definition) is 3. The van der Waals surface area contributed by atoms with Crippen molar-refractivity contribution in [3.05, 3.63) is 54.0 Å². The van der Waals surface area contributed by atoms with Gasteiger partial charge in [-0.25, -0.2) is 0 Å². The van der Waals surface area contributed by atoms with Gasteiger partial charge in [-0.2, -0.15) is 0 Å². The molecule has 1 atom stereocenters. The Morgan fingerprint density at radius 3 is 2.93 bits per heavy atom. The van der Waals surface area contributed by atoms with Crippen LogP contribution in [0.25, 0.3) is 0 Å². The van der Waals surface area contributed by atoms with Crippen LogP contribution in [-0.4, -0.2) is 16.3 Å². The Kier molecular flexibility index (Phi) is 2.47. The molecule has 0 amide bonds. The molecule has 0 saturated heterocycles. The summed E-state index contributed by atoms with van der Waals surface area (Å²) in [5.41, 5.74) is 0.265. The van der Waals surface area contributed by atoms with E-state index in [4.69, 9.17) is 0 Å². The van der Waals surface area contributed by atoms with Crippen LogP contribution >= 0.6 is 0 Å². The largest absolute Gasteiger partial charge is 0.374 e. The average molecular weight is 200 g/mol. The zero-order chi connectivity index (χ0) is 10.7. The molecule has 0 aromatic carbocycles. The lowest BCUT2D eigenvalue weighted by atomic mass is 10.00. The summed E-state index contributed by atoms with van der Waals surface area (Å²) in [4.78, 5) is 8.26. The quantitative estimate of drug-likeness (QED) is 0.750. The Morgan fingerprint density at radius 2 is 2.13 bits per heavy atom. The van der Waals surface area contributed by atoms with Crippen LogP contribution in [0.3, 0.4) is 0 Å². The molecule has 1 unspecified atom stereocenters. The van der Waals surface area contributed by atoms with Gasteiger partial charge in [0.15, 0.2) is 5.60 Å². The molecule has 15 heavy (non-hydrogen) atoms. The first kappa shape index (κ1) is 9.80. The molecule has 3 heteroatoms. The molecule has 76 valence electrons. The normalized spacial score (nSPS) is 24.1. The Hall–Kier alpha value is -1.74. The minimum absolute atomic E-state index is 0.589. The molecule has 0 fully saturated rings. The van der Waals surface area contributed by atoms with E-state index in [1.54, 1.807) is 30.5 Å². The third-order valence-electron chi connectivity index (χ3n) is 2.20. The predicted octanol–water partition coefficient (Wildman–Crippen LogP) is 1.73. The summed E-state index contributed by atoms with van der Waals surface area (Å²) in [5, 5.41) is 10.3. The van der Waals surface area contributed by atoms with Gasteiger partial charge >= 0.3 is 0 Å². The summed E-state index contributed by atoms with van der Waals surface area (Å²) < 4.78 is 0. The van der Waals surface area contributed by atoms with E-state index in [-0.39, 0.29) is 0 Å². The highest BCUT2D eigenvalue weighted by Gasteiger charge is 2.25. The molecule has 2 heterocycles. The van der Waals surface area contributed by atoms with Crippen molar-refractivity contribution in [1.82, 2.24) is 4.98 Å². The molecule has 1 aliphatic rings. The van der Waals surface area contributed by atoms with Gasteiger partial charge in [-0.15, -0.1) is 0 Å². The van der Waals surface area contributed by atoms with Crippen molar-refractivity contribution in [3.8, 4) is 0 Å². The molecule has 0 spiro atoms.